The zero-order chi connectivity index (χ0) is 17.1. The second-order valence-electron chi connectivity index (χ2n) is 5.49. The van der Waals surface area contributed by atoms with E-state index >= 15 is 0 Å². The standard InChI is InChI=1S/C19H19N3O2/c1-13-12-17(14(2)22(13)18-6-4-5-11-20-18)19(23)21-15-7-9-16(24-3)10-8-15/h4-12H,1-3H3,(H,21,23). The maximum atomic E-state index is 12.6. The molecular weight excluding hydrogens is 302 g/mol. The van der Waals surface area contributed by atoms with Crippen molar-refractivity contribution < 1.29 is 9.53 Å². The highest BCUT2D eigenvalue weighted by Crippen LogP contribution is 2.21. The monoisotopic (exact) mass is 321 g/mol. The van der Waals surface area contributed by atoms with Gasteiger partial charge in [0.15, 0.2) is 0 Å². The van der Waals surface area contributed by atoms with Crippen molar-refractivity contribution in [2.24, 2.45) is 0 Å². The van der Waals surface area contributed by atoms with Crippen LogP contribution in [0, 0.1) is 13.8 Å². The Bertz CT molecular complexity index is 852. The third-order valence-corrected chi connectivity index (χ3v) is 3.90. The molecule has 0 saturated carbocycles. The maximum Gasteiger partial charge on any atom is 0.257 e. The lowest BCUT2D eigenvalue weighted by molar-refractivity contribution is 0.102. The predicted octanol–water partition coefficient (Wildman–Crippen LogP) is 3.75. The number of hydrogen-bond donors (Lipinski definition) is 1. The fraction of sp³-hybridized carbons (Fsp3) is 0.158. The molecule has 0 atom stereocenters. The second-order valence-corrected chi connectivity index (χ2v) is 5.49. The number of anilines is 1. The van der Waals surface area contributed by atoms with Crippen LogP contribution in [-0.4, -0.2) is 22.6 Å². The highest BCUT2D eigenvalue weighted by molar-refractivity contribution is 6.05. The Kier molecular flexibility index (Phi) is 4.33. The first-order valence-corrected chi connectivity index (χ1v) is 7.66. The minimum absolute atomic E-state index is 0.143. The minimum atomic E-state index is -0.143. The molecule has 0 aliphatic rings. The normalized spacial score (nSPS) is 10.5. The molecule has 0 spiro atoms. The summed E-state index contributed by atoms with van der Waals surface area (Å²) in [5, 5.41) is 2.91. The summed E-state index contributed by atoms with van der Waals surface area (Å²) in [5.74, 6) is 1.41. The van der Waals surface area contributed by atoms with Crippen molar-refractivity contribution in [2.75, 3.05) is 12.4 Å². The number of hydrogen-bond acceptors (Lipinski definition) is 3. The first kappa shape index (κ1) is 15.8. The van der Waals surface area contributed by atoms with Crippen LogP contribution in [0.5, 0.6) is 5.75 Å². The molecule has 0 aliphatic heterocycles. The molecular formula is C19H19N3O2. The summed E-state index contributed by atoms with van der Waals surface area (Å²) in [5.41, 5.74) is 3.18. The number of amides is 1. The third-order valence-electron chi connectivity index (χ3n) is 3.90. The van der Waals surface area contributed by atoms with Gasteiger partial charge in [-0.1, -0.05) is 6.07 Å². The number of ether oxygens (including phenoxy) is 1. The van der Waals surface area contributed by atoms with Gasteiger partial charge in [0.05, 0.1) is 12.7 Å². The fourth-order valence-electron chi connectivity index (χ4n) is 2.70. The molecule has 0 aliphatic carbocycles. The van der Waals surface area contributed by atoms with Gasteiger partial charge in [-0.05, 0) is 56.3 Å². The highest BCUT2D eigenvalue weighted by atomic mass is 16.5. The first-order valence-electron chi connectivity index (χ1n) is 7.66. The lowest BCUT2D eigenvalue weighted by atomic mass is 10.2. The molecule has 2 aromatic heterocycles. The van der Waals surface area contributed by atoms with Crippen LogP contribution >= 0.6 is 0 Å². The molecule has 2 heterocycles. The topological polar surface area (TPSA) is 56.1 Å². The zero-order valence-corrected chi connectivity index (χ0v) is 13.9. The molecule has 0 radical (unpaired) electrons. The van der Waals surface area contributed by atoms with E-state index in [1.54, 1.807) is 13.3 Å². The molecule has 0 saturated heterocycles. The van der Waals surface area contributed by atoms with E-state index in [4.69, 9.17) is 4.74 Å². The number of aryl methyl sites for hydroxylation is 1. The number of nitrogens with zero attached hydrogens (tertiary/aromatic N) is 2. The Balaban J connectivity index is 1.88. The van der Waals surface area contributed by atoms with E-state index in [1.165, 1.54) is 0 Å². The second kappa shape index (κ2) is 6.58. The molecule has 122 valence electrons. The summed E-state index contributed by atoms with van der Waals surface area (Å²) >= 11 is 0. The number of nitrogens with one attached hydrogen (secondary N) is 1. The number of aromatic nitrogens is 2. The van der Waals surface area contributed by atoms with Crippen molar-refractivity contribution in [1.82, 2.24) is 9.55 Å². The lowest BCUT2D eigenvalue weighted by Crippen LogP contribution is -2.13. The lowest BCUT2D eigenvalue weighted by Gasteiger charge is -2.09. The molecule has 0 unspecified atom stereocenters. The number of benzene rings is 1. The molecule has 1 aromatic carbocycles. The Morgan fingerprint density at radius 1 is 1.12 bits per heavy atom. The Morgan fingerprint density at radius 3 is 2.50 bits per heavy atom. The molecule has 3 aromatic rings. The molecule has 0 bridgehead atoms. The summed E-state index contributed by atoms with van der Waals surface area (Å²) in [4.78, 5) is 17.0. The molecule has 0 fully saturated rings. The largest absolute Gasteiger partial charge is 0.497 e. The van der Waals surface area contributed by atoms with E-state index in [9.17, 15) is 4.79 Å². The summed E-state index contributed by atoms with van der Waals surface area (Å²) in [7, 11) is 1.61. The van der Waals surface area contributed by atoms with Crippen LogP contribution in [0.4, 0.5) is 5.69 Å². The Labute approximate surface area is 140 Å². The van der Waals surface area contributed by atoms with Crippen LogP contribution in [0.1, 0.15) is 21.7 Å². The van der Waals surface area contributed by atoms with E-state index < -0.39 is 0 Å². The molecule has 5 heteroatoms. The van der Waals surface area contributed by atoms with Gasteiger partial charge in [-0.3, -0.25) is 4.79 Å². The van der Waals surface area contributed by atoms with Gasteiger partial charge in [-0.2, -0.15) is 0 Å². The number of pyridine rings is 1. The smallest absolute Gasteiger partial charge is 0.257 e. The van der Waals surface area contributed by atoms with Crippen LogP contribution in [0.2, 0.25) is 0 Å². The fourth-order valence-corrected chi connectivity index (χ4v) is 2.70. The number of carbonyl (C=O) groups is 1. The van der Waals surface area contributed by atoms with Crippen molar-refractivity contribution in [2.45, 2.75) is 13.8 Å². The van der Waals surface area contributed by atoms with Crippen LogP contribution in [0.3, 0.4) is 0 Å². The SMILES string of the molecule is COc1ccc(NC(=O)c2cc(C)n(-c3ccccn3)c2C)cc1. The number of methoxy groups -OCH3 is 1. The Hall–Kier alpha value is -3.08. The van der Waals surface area contributed by atoms with Crippen molar-refractivity contribution in [3.05, 3.63) is 71.7 Å². The van der Waals surface area contributed by atoms with Crippen LogP contribution in [0.15, 0.2) is 54.7 Å². The number of carbonyl (C=O) groups excluding carboxylic acids is 1. The summed E-state index contributed by atoms with van der Waals surface area (Å²) in [6.45, 7) is 3.89. The van der Waals surface area contributed by atoms with Gasteiger partial charge in [-0.25, -0.2) is 4.98 Å². The number of rotatable bonds is 4. The summed E-state index contributed by atoms with van der Waals surface area (Å²) in [6, 6.07) is 14.9. The first-order chi connectivity index (χ1) is 11.6. The molecule has 24 heavy (non-hydrogen) atoms. The van der Waals surface area contributed by atoms with Gasteiger partial charge in [0.25, 0.3) is 5.91 Å². The van der Waals surface area contributed by atoms with E-state index in [0.717, 1.165) is 28.6 Å². The maximum absolute atomic E-state index is 12.6. The average Bonchev–Trinajstić information content (AvgIpc) is 2.91. The summed E-state index contributed by atoms with van der Waals surface area (Å²) in [6.07, 6.45) is 1.74. The predicted molar refractivity (Wildman–Crippen MR) is 94.0 cm³/mol. The zero-order valence-electron chi connectivity index (χ0n) is 13.9. The molecule has 3 rings (SSSR count). The van der Waals surface area contributed by atoms with Crippen molar-refractivity contribution >= 4 is 11.6 Å². The van der Waals surface area contributed by atoms with E-state index in [1.807, 2.05) is 66.9 Å². The van der Waals surface area contributed by atoms with Gasteiger partial charge in [0.2, 0.25) is 0 Å². The third kappa shape index (κ3) is 3.01. The van der Waals surface area contributed by atoms with E-state index in [-0.39, 0.29) is 5.91 Å². The van der Waals surface area contributed by atoms with Gasteiger partial charge in [-0.15, -0.1) is 0 Å². The van der Waals surface area contributed by atoms with Gasteiger partial charge in [0, 0.05) is 23.3 Å². The average molecular weight is 321 g/mol. The molecule has 5 nitrogen and oxygen atoms in total. The van der Waals surface area contributed by atoms with Gasteiger partial charge >= 0.3 is 0 Å². The van der Waals surface area contributed by atoms with Gasteiger partial charge < -0.3 is 14.6 Å². The van der Waals surface area contributed by atoms with E-state index in [0.29, 0.717) is 5.56 Å². The van der Waals surface area contributed by atoms with Gasteiger partial charge in [0.1, 0.15) is 11.6 Å². The Morgan fingerprint density at radius 2 is 1.88 bits per heavy atom. The van der Waals surface area contributed by atoms with E-state index in [2.05, 4.69) is 10.3 Å². The van der Waals surface area contributed by atoms with Crippen molar-refractivity contribution in [3.63, 3.8) is 0 Å². The van der Waals surface area contributed by atoms with Crippen LogP contribution in [0.25, 0.3) is 5.82 Å². The highest BCUT2D eigenvalue weighted by Gasteiger charge is 2.17. The summed E-state index contributed by atoms with van der Waals surface area (Å²) < 4.78 is 7.10. The van der Waals surface area contributed by atoms with Crippen molar-refractivity contribution in [1.29, 1.82) is 0 Å². The molecule has 1 N–H and O–H groups in total. The quantitative estimate of drug-likeness (QED) is 0.796. The van der Waals surface area contributed by atoms with Crippen LogP contribution in [-0.2, 0) is 0 Å². The minimum Gasteiger partial charge on any atom is -0.497 e. The van der Waals surface area contributed by atoms with Crippen LogP contribution < -0.4 is 10.1 Å². The van der Waals surface area contributed by atoms with Crippen molar-refractivity contribution in [3.8, 4) is 11.6 Å². The molecule has 1 amide bonds.